The molecule has 7 heteroatoms. The van der Waals surface area contributed by atoms with Crippen LogP contribution in [0.3, 0.4) is 0 Å². The molecule has 2 saturated carbocycles. The Balaban J connectivity index is 1.49. The van der Waals surface area contributed by atoms with Crippen molar-refractivity contribution in [2.75, 3.05) is 12.0 Å². The van der Waals surface area contributed by atoms with Gasteiger partial charge in [-0.15, -0.1) is 0 Å². The van der Waals surface area contributed by atoms with Gasteiger partial charge in [-0.2, -0.15) is 0 Å². The second-order valence-electron chi connectivity index (χ2n) is 7.69. The van der Waals surface area contributed by atoms with Gasteiger partial charge in [-0.1, -0.05) is 13.8 Å². The molecule has 2 aliphatic carbocycles. The first-order valence-electron chi connectivity index (χ1n) is 8.27. The van der Waals surface area contributed by atoms with Crippen LogP contribution in [0.4, 0.5) is 11.4 Å². The monoisotopic (exact) mass is 331 g/mol. The van der Waals surface area contributed by atoms with Crippen LogP contribution < -0.4 is 10.9 Å². The SMILES string of the molecule is C[C@]12CC[C@H]3C[C@]1(C(=O)NNc1ccc([N+](=O)[O-])cc1)OC[C@@]32C. The quantitative estimate of drug-likeness (QED) is 0.653. The maximum atomic E-state index is 12.9. The summed E-state index contributed by atoms with van der Waals surface area (Å²) >= 11 is 0. The summed E-state index contributed by atoms with van der Waals surface area (Å²) in [6, 6.07) is 5.93. The van der Waals surface area contributed by atoms with Crippen LogP contribution in [0, 0.1) is 26.9 Å². The van der Waals surface area contributed by atoms with E-state index in [0.29, 0.717) is 18.2 Å². The molecule has 4 atom stereocenters. The third-order valence-corrected chi connectivity index (χ3v) is 6.96. The van der Waals surface area contributed by atoms with E-state index in [1.165, 1.54) is 18.6 Å². The summed E-state index contributed by atoms with van der Waals surface area (Å²) in [6.07, 6.45) is 2.95. The number of benzene rings is 1. The molecule has 128 valence electrons. The Morgan fingerprint density at radius 2 is 2.04 bits per heavy atom. The van der Waals surface area contributed by atoms with Crippen molar-refractivity contribution in [1.82, 2.24) is 5.43 Å². The van der Waals surface area contributed by atoms with Crippen LogP contribution in [0.1, 0.15) is 33.1 Å². The van der Waals surface area contributed by atoms with Crippen molar-refractivity contribution in [2.24, 2.45) is 16.7 Å². The first kappa shape index (κ1) is 15.4. The number of hydrazine groups is 1. The molecule has 1 aliphatic heterocycles. The molecule has 7 nitrogen and oxygen atoms in total. The number of rotatable bonds is 4. The Kier molecular flexibility index (Phi) is 3.01. The number of nitro benzene ring substituents is 1. The van der Waals surface area contributed by atoms with Gasteiger partial charge in [0, 0.05) is 23.0 Å². The maximum absolute atomic E-state index is 12.9. The first-order chi connectivity index (χ1) is 11.3. The summed E-state index contributed by atoms with van der Waals surface area (Å²) in [6.45, 7) is 5.06. The molecule has 0 unspecified atom stereocenters. The van der Waals surface area contributed by atoms with E-state index in [0.717, 1.165) is 12.8 Å². The number of carbonyl (C=O) groups is 1. The molecule has 4 bridgehead atoms. The molecule has 1 aromatic carbocycles. The highest BCUT2D eigenvalue weighted by molar-refractivity contribution is 5.89. The summed E-state index contributed by atoms with van der Waals surface area (Å²) in [5, 5.41) is 10.7. The summed E-state index contributed by atoms with van der Waals surface area (Å²) in [5.41, 5.74) is 5.40. The lowest BCUT2D eigenvalue weighted by molar-refractivity contribution is -0.384. The molecular weight excluding hydrogens is 310 g/mol. The molecule has 1 aromatic rings. The second kappa shape index (κ2) is 4.69. The minimum absolute atomic E-state index is 0.0148. The van der Waals surface area contributed by atoms with Gasteiger partial charge in [0.15, 0.2) is 5.60 Å². The second-order valence-corrected chi connectivity index (χ2v) is 7.69. The average molecular weight is 331 g/mol. The molecule has 1 saturated heterocycles. The van der Waals surface area contributed by atoms with Crippen LogP contribution in [-0.4, -0.2) is 23.0 Å². The van der Waals surface area contributed by atoms with Crippen LogP contribution in [0.5, 0.6) is 0 Å². The van der Waals surface area contributed by atoms with Crippen LogP contribution in [0.2, 0.25) is 0 Å². The molecule has 3 fully saturated rings. The number of hydrogen-bond acceptors (Lipinski definition) is 5. The van der Waals surface area contributed by atoms with E-state index in [1.54, 1.807) is 12.1 Å². The smallest absolute Gasteiger partial charge is 0.271 e. The van der Waals surface area contributed by atoms with Gasteiger partial charge in [-0.05, 0) is 37.3 Å². The Morgan fingerprint density at radius 3 is 2.62 bits per heavy atom. The molecule has 0 radical (unpaired) electrons. The van der Waals surface area contributed by atoms with E-state index >= 15 is 0 Å². The van der Waals surface area contributed by atoms with Crippen molar-refractivity contribution < 1.29 is 14.5 Å². The fourth-order valence-electron chi connectivity index (χ4n) is 5.15. The molecule has 3 aliphatic rings. The zero-order chi connectivity index (χ0) is 17.2. The number of non-ortho nitro benzene ring substituents is 1. The number of amides is 1. The van der Waals surface area contributed by atoms with Gasteiger partial charge in [0.1, 0.15) is 0 Å². The Morgan fingerprint density at radius 1 is 1.33 bits per heavy atom. The third-order valence-electron chi connectivity index (χ3n) is 6.96. The number of carbonyl (C=O) groups excluding carboxylic acids is 1. The van der Waals surface area contributed by atoms with E-state index in [1.807, 2.05) is 0 Å². The molecule has 0 spiro atoms. The van der Waals surface area contributed by atoms with Gasteiger partial charge in [0.25, 0.3) is 11.6 Å². The highest BCUT2D eigenvalue weighted by atomic mass is 16.6. The third kappa shape index (κ3) is 1.68. The summed E-state index contributed by atoms with van der Waals surface area (Å²) in [5.74, 6) is 0.399. The predicted octanol–water partition coefficient (Wildman–Crippen LogP) is 2.63. The standard InChI is InChI=1S/C17H21N3O4/c1-15-10-24-17(9-11(15)7-8-16(15,17)2)14(21)19-18-12-3-5-13(6-4-12)20(22)23/h3-6,11,18H,7-10H2,1-2H3,(H,19,21)/t11-,15-,16+,17+/m0/s1. The fraction of sp³-hybridized carbons (Fsp3) is 0.588. The lowest BCUT2D eigenvalue weighted by atomic mass is 9.66. The average Bonchev–Trinajstić information content (AvgIpc) is 3.04. The maximum Gasteiger partial charge on any atom is 0.271 e. The normalized spacial score (nSPS) is 39.0. The van der Waals surface area contributed by atoms with E-state index in [-0.39, 0.29) is 22.4 Å². The van der Waals surface area contributed by atoms with E-state index in [9.17, 15) is 14.9 Å². The van der Waals surface area contributed by atoms with Gasteiger partial charge < -0.3 is 4.74 Å². The van der Waals surface area contributed by atoms with Crippen molar-refractivity contribution in [3.05, 3.63) is 34.4 Å². The van der Waals surface area contributed by atoms with Crippen LogP contribution in [-0.2, 0) is 9.53 Å². The Labute approximate surface area is 139 Å². The summed E-state index contributed by atoms with van der Waals surface area (Å²) < 4.78 is 6.04. The van der Waals surface area contributed by atoms with Gasteiger partial charge in [-0.3, -0.25) is 25.8 Å². The number of nitro groups is 1. The Hall–Kier alpha value is -2.15. The fourth-order valence-corrected chi connectivity index (χ4v) is 5.15. The molecule has 1 amide bonds. The van der Waals surface area contributed by atoms with Gasteiger partial charge >= 0.3 is 0 Å². The minimum Gasteiger partial charge on any atom is -0.364 e. The van der Waals surface area contributed by atoms with Crippen molar-refractivity contribution >= 4 is 17.3 Å². The van der Waals surface area contributed by atoms with Crippen LogP contribution in [0.25, 0.3) is 0 Å². The van der Waals surface area contributed by atoms with Crippen LogP contribution >= 0.6 is 0 Å². The topological polar surface area (TPSA) is 93.5 Å². The number of nitrogens with one attached hydrogen (secondary N) is 2. The zero-order valence-corrected chi connectivity index (χ0v) is 13.8. The van der Waals surface area contributed by atoms with Crippen molar-refractivity contribution in [1.29, 1.82) is 0 Å². The van der Waals surface area contributed by atoms with Crippen LogP contribution in [0.15, 0.2) is 24.3 Å². The number of nitrogens with zero attached hydrogens (tertiary/aromatic N) is 1. The molecule has 4 rings (SSSR count). The number of hydrogen-bond donors (Lipinski definition) is 2. The largest absolute Gasteiger partial charge is 0.364 e. The molecule has 24 heavy (non-hydrogen) atoms. The molecule has 0 aromatic heterocycles. The lowest BCUT2D eigenvalue weighted by Gasteiger charge is -2.39. The van der Waals surface area contributed by atoms with E-state index in [2.05, 4.69) is 24.7 Å². The summed E-state index contributed by atoms with van der Waals surface area (Å²) in [4.78, 5) is 23.1. The molecular formula is C17H21N3O4. The zero-order valence-electron chi connectivity index (χ0n) is 13.8. The van der Waals surface area contributed by atoms with Gasteiger partial charge in [0.2, 0.25) is 0 Å². The van der Waals surface area contributed by atoms with Crippen molar-refractivity contribution in [3.63, 3.8) is 0 Å². The van der Waals surface area contributed by atoms with Gasteiger partial charge in [0.05, 0.1) is 17.2 Å². The lowest BCUT2D eigenvalue weighted by Crippen LogP contribution is -2.56. The summed E-state index contributed by atoms with van der Waals surface area (Å²) in [7, 11) is 0. The number of ether oxygens (including phenoxy) is 1. The van der Waals surface area contributed by atoms with Gasteiger partial charge in [-0.25, -0.2) is 0 Å². The minimum atomic E-state index is -0.765. The highest BCUT2D eigenvalue weighted by Gasteiger charge is 2.78. The highest BCUT2D eigenvalue weighted by Crippen LogP contribution is 2.74. The first-order valence-corrected chi connectivity index (χ1v) is 8.27. The Bertz CT molecular complexity index is 721. The molecule has 2 N–H and O–H groups in total. The van der Waals surface area contributed by atoms with Crippen molar-refractivity contribution in [3.8, 4) is 0 Å². The predicted molar refractivity (Wildman–Crippen MR) is 87.1 cm³/mol. The number of anilines is 1. The molecule has 1 heterocycles. The van der Waals surface area contributed by atoms with E-state index in [4.69, 9.17) is 4.74 Å². The van der Waals surface area contributed by atoms with E-state index < -0.39 is 10.5 Å². The van der Waals surface area contributed by atoms with Crippen molar-refractivity contribution in [2.45, 2.75) is 38.7 Å².